The van der Waals surface area contributed by atoms with Crippen LogP contribution in [0, 0.1) is 12.7 Å². The van der Waals surface area contributed by atoms with Crippen molar-refractivity contribution in [2.45, 2.75) is 38.9 Å². The van der Waals surface area contributed by atoms with E-state index in [4.69, 9.17) is 14.2 Å². The lowest BCUT2D eigenvalue weighted by Gasteiger charge is -2.35. The molecule has 0 amide bonds. The number of carbonyl (C=O) groups excluding carboxylic acids is 1. The Hall–Kier alpha value is -3.33. The number of esters is 1. The van der Waals surface area contributed by atoms with E-state index in [9.17, 15) is 9.18 Å². The van der Waals surface area contributed by atoms with Crippen LogP contribution >= 0.6 is 11.3 Å². The Balaban J connectivity index is 1.51. The van der Waals surface area contributed by atoms with Gasteiger partial charge in [-0.25, -0.2) is 19.3 Å². The number of rotatable bonds is 5. The summed E-state index contributed by atoms with van der Waals surface area (Å²) in [6.07, 6.45) is 2.31. The lowest BCUT2D eigenvalue weighted by Crippen LogP contribution is -2.44. The van der Waals surface area contributed by atoms with E-state index in [1.165, 1.54) is 24.3 Å². The average molecular weight is 453 g/mol. The van der Waals surface area contributed by atoms with E-state index in [-0.39, 0.29) is 23.9 Å². The second-order valence-electron chi connectivity index (χ2n) is 7.74. The molecule has 164 valence electrons. The van der Waals surface area contributed by atoms with Crippen molar-refractivity contribution in [3.05, 3.63) is 41.8 Å². The lowest BCUT2D eigenvalue weighted by molar-refractivity contribution is -0.159. The molecule has 0 radical (unpaired) electrons. The van der Waals surface area contributed by atoms with Crippen LogP contribution in [0.1, 0.15) is 25.3 Å². The monoisotopic (exact) mass is 453 g/mol. The molecule has 5 rings (SSSR count). The number of nitrogens with zero attached hydrogens (tertiary/aromatic N) is 3. The molecule has 1 aliphatic rings. The summed E-state index contributed by atoms with van der Waals surface area (Å²) in [7, 11) is 1.55. The molecule has 2 heterocycles. The predicted octanol–water partition coefficient (Wildman–Crippen LogP) is 4.84. The number of aromatic nitrogens is 3. The van der Waals surface area contributed by atoms with Crippen LogP contribution in [0.2, 0.25) is 0 Å². The maximum Gasteiger partial charge on any atom is 0.303 e. The van der Waals surface area contributed by atoms with Gasteiger partial charge < -0.3 is 14.2 Å². The van der Waals surface area contributed by atoms with E-state index in [0.717, 1.165) is 15.8 Å². The summed E-state index contributed by atoms with van der Waals surface area (Å²) in [6, 6.07) is 6.96. The first-order valence-electron chi connectivity index (χ1n) is 10.2. The first kappa shape index (κ1) is 20.6. The van der Waals surface area contributed by atoms with Gasteiger partial charge in [-0.1, -0.05) is 0 Å². The van der Waals surface area contributed by atoms with Crippen molar-refractivity contribution in [3.63, 3.8) is 0 Å². The predicted molar refractivity (Wildman–Crippen MR) is 119 cm³/mol. The number of halogens is 1. The van der Waals surface area contributed by atoms with Gasteiger partial charge in [-0.2, -0.15) is 0 Å². The fraction of sp³-hybridized carbons (Fsp3) is 0.304. The van der Waals surface area contributed by atoms with Gasteiger partial charge in [0.25, 0.3) is 0 Å². The maximum absolute atomic E-state index is 14.7. The molecule has 1 aliphatic carbocycles. The Bertz CT molecular complexity index is 1360. The Kier molecular flexibility index (Phi) is 5.13. The Morgan fingerprint density at radius 1 is 1.12 bits per heavy atom. The number of methoxy groups -OCH3 is 1. The first-order valence-corrected chi connectivity index (χ1v) is 11.0. The fourth-order valence-corrected chi connectivity index (χ4v) is 4.72. The molecule has 32 heavy (non-hydrogen) atoms. The largest absolute Gasteiger partial charge is 0.483 e. The number of aryl methyl sites for hydroxylation is 1. The third kappa shape index (κ3) is 3.73. The zero-order chi connectivity index (χ0) is 22.4. The first-order chi connectivity index (χ1) is 15.4. The van der Waals surface area contributed by atoms with Gasteiger partial charge in [-0.15, -0.1) is 11.3 Å². The standard InChI is InChI=1S/C23H20FN3O4S/c1-11-6-13(22-16(7-11)26-21(29-3)10-25-22)23-27-15-8-14(24)19(9-20(15)32-23)31-18-5-4-17(18)30-12(2)28/h6-10,17-18H,4-5H2,1-3H3/t17-,18+/m1/s1. The zero-order valence-corrected chi connectivity index (χ0v) is 18.5. The van der Waals surface area contributed by atoms with Crippen LogP contribution in [-0.4, -0.2) is 40.2 Å². The van der Waals surface area contributed by atoms with Crippen LogP contribution in [0.15, 0.2) is 30.5 Å². The van der Waals surface area contributed by atoms with Crippen LogP contribution in [0.5, 0.6) is 11.6 Å². The average Bonchev–Trinajstić information content (AvgIpc) is 3.16. The van der Waals surface area contributed by atoms with Crippen molar-refractivity contribution in [2.75, 3.05) is 7.11 Å². The van der Waals surface area contributed by atoms with Gasteiger partial charge in [0.2, 0.25) is 5.88 Å². The highest BCUT2D eigenvalue weighted by Crippen LogP contribution is 2.38. The molecule has 2 aromatic carbocycles. The molecule has 0 saturated heterocycles. The number of benzene rings is 2. The minimum absolute atomic E-state index is 0.133. The minimum atomic E-state index is -0.499. The molecule has 9 heteroatoms. The summed E-state index contributed by atoms with van der Waals surface area (Å²) >= 11 is 1.43. The van der Waals surface area contributed by atoms with Crippen molar-refractivity contribution in [3.8, 4) is 22.2 Å². The van der Waals surface area contributed by atoms with Gasteiger partial charge in [-0.05, 0) is 37.5 Å². The van der Waals surface area contributed by atoms with E-state index in [2.05, 4.69) is 15.0 Å². The lowest BCUT2D eigenvalue weighted by atomic mass is 9.91. The van der Waals surface area contributed by atoms with Crippen molar-refractivity contribution in [1.82, 2.24) is 15.0 Å². The number of ether oxygens (including phenoxy) is 3. The molecule has 0 bridgehead atoms. The summed E-state index contributed by atoms with van der Waals surface area (Å²) in [6.45, 7) is 3.33. The smallest absolute Gasteiger partial charge is 0.303 e. The minimum Gasteiger partial charge on any atom is -0.483 e. The summed E-state index contributed by atoms with van der Waals surface area (Å²) in [5, 5.41) is 0.714. The third-order valence-corrected chi connectivity index (χ3v) is 6.45. The molecule has 4 aromatic rings. The Morgan fingerprint density at radius 3 is 2.66 bits per heavy atom. The molecular formula is C23H20FN3O4S. The SMILES string of the molecule is COc1cnc2c(-c3nc4cc(F)c(O[C@H]5CC[C@H]5OC(C)=O)cc4s3)cc(C)cc2n1. The van der Waals surface area contributed by atoms with Gasteiger partial charge in [0.05, 0.1) is 34.6 Å². The van der Waals surface area contributed by atoms with Gasteiger partial charge in [0.1, 0.15) is 17.2 Å². The molecule has 7 nitrogen and oxygen atoms in total. The molecule has 0 spiro atoms. The van der Waals surface area contributed by atoms with E-state index in [0.29, 0.717) is 40.3 Å². The fourth-order valence-electron chi connectivity index (χ4n) is 3.73. The van der Waals surface area contributed by atoms with E-state index in [1.54, 1.807) is 19.4 Å². The molecule has 2 atom stereocenters. The van der Waals surface area contributed by atoms with Gasteiger partial charge in [-0.3, -0.25) is 4.79 Å². The van der Waals surface area contributed by atoms with Crippen LogP contribution in [0.4, 0.5) is 4.39 Å². The zero-order valence-electron chi connectivity index (χ0n) is 17.7. The molecule has 0 aliphatic heterocycles. The molecular weight excluding hydrogens is 433 g/mol. The van der Waals surface area contributed by atoms with Gasteiger partial charge in [0.15, 0.2) is 11.6 Å². The van der Waals surface area contributed by atoms with E-state index >= 15 is 0 Å². The Labute approximate surface area is 187 Å². The third-order valence-electron chi connectivity index (χ3n) is 5.40. The molecule has 1 saturated carbocycles. The number of fused-ring (bicyclic) bond motifs is 2. The van der Waals surface area contributed by atoms with Gasteiger partial charge in [0, 0.05) is 24.6 Å². The van der Waals surface area contributed by atoms with Gasteiger partial charge >= 0.3 is 5.97 Å². The normalized spacial score (nSPS) is 17.9. The van der Waals surface area contributed by atoms with Crippen molar-refractivity contribution in [1.29, 1.82) is 0 Å². The maximum atomic E-state index is 14.7. The van der Waals surface area contributed by atoms with Crippen LogP contribution < -0.4 is 9.47 Å². The van der Waals surface area contributed by atoms with Crippen molar-refractivity contribution < 1.29 is 23.4 Å². The van der Waals surface area contributed by atoms with Crippen molar-refractivity contribution >= 4 is 38.6 Å². The van der Waals surface area contributed by atoms with Crippen LogP contribution in [0.25, 0.3) is 31.8 Å². The number of hydrogen-bond donors (Lipinski definition) is 0. The summed E-state index contributed by atoms with van der Waals surface area (Å²) in [5.41, 5.74) is 3.77. The highest BCUT2D eigenvalue weighted by molar-refractivity contribution is 7.21. The van der Waals surface area contributed by atoms with Crippen molar-refractivity contribution in [2.24, 2.45) is 0 Å². The number of carbonyl (C=O) groups is 1. The number of thiazole rings is 1. The summed E-state index contributed by atoms with van der Waals surface area (Å²) in [4.78, 5) is 24.8. The highest BCUT2D eigenvalue weighted by Gasteiger charge is 2.36. The molecule has 2 aromatic heterocycles. The second-order valence-corrected chi connectivity index (χ2v) is 8.77. The summed E-state index contributed by atoms with van der Waals surface area (Å²) in [5.74, 6) is -0.294. The molecule has 1 fully saturated rings. The Morgan fingerprint density at radius 2 is 1.94 bits per heavy atom. The highest BCUT2D eigenvalue weighted by atomic mass is 32.1. The van der Waals surface area contributed by atoms with E-state index < -0.39 is 5.82 Å². The van der Waals surface area contributed by atoms with E-state index in [1.807, 2.05) is 19.1 Å². The second kappa shape index (κ2) is 7.98. The molecule has 0 N–H and O–H groups in total. The van der Waals surface area contributed by atoms with Crippen LogP contribution in [-0.2, 0) is 9.53 Å². The summed E-state index contributed by atoms with van der Waals surface area (Å²) < 4.78 is 31.7. The van der Waals surface area contributed by atoms with Crippen LogP contribution in [0.3, 0.4) is 0 Å². The quantitative estimate of drug-likeness (QED) is 0.400. The molecule has 0 unspecified atom stereocenters. The topological polar surface area (TPSA) is 83.4 Å². The number of hydrogen-bond acceptors (Lipinski definition) is 8.